The standard InChI is InChI=1S/C17H12N2O6/c20-16-13-3-1-2-4-14(13)17(21)18(16)7-10-5-12(19(22)23)6-11-8-24-9-25-15(10)11/h1-6H,7-9H2. The highest BCUT2D eigenvalue weighted by Crippen LogP contribution is 2.35. The van der Waals surface area contributed by atoms with Crippen molar-refractivity contribution < 1.29 is 24.0 Å². The molecule has 0 aliphatic carbocycles. The topological polar surface area (TPSA) is 99.0 Å². The number of hydrogen-bond donors (Lipinski definition) is 0. The second-order valence-electron chi connectivity index (χ2n) is 5.70. The lowest BCUT2D eigenvalue weighted by atomic mass is 10.1. The molecular weight excluding hydrogens is 328 g/mol. The van der Waals surface area contributed by atoms with Crippen LogP contribution in [0.3, 0.4) is 0 Å². The maximum Gasteiger partial charge on any atom is 0.270 e. The normalized spacial score (nSPS) is 15.6. The van der Waals surface area contributed by atoms with Crippen molar-refractivity contribution in [3.05, 3.63) is 68.8 Å². The molecule has 126 valence electrons. The number of imide groups is 1. The number of amides is 2. The van der Waals surface area contributed by atoms with Gasteiger partial charge in [-0.2, -0.15) is 0 Å². The van der Waals surface area contributed by atoms with Gasteiger partial charge in [-0.25, -0.2) is 0 Å². The molecule has 8 heteroatoms. The van der Waals surface area contributed by atoms with Gasteiger partial charge < -0.3 is 9.47 Å². The minimum Gasteiger partial charge on any atom is -0.467 e. The summed E-state index contributed by atoms with van der Waals surface area (Å²) in [6.45, 7) is 0.0857. The van der Waals surface area contributed by atoms with Crippen LogP contribution in [0.5, 0.6) is 5.75 Å². The summed E-state index contributed by atoms with van der Waals surface area (Å²) in [7, 11) is 0. The Morgan fingerprint density at radius 2 is 1.80 bits per heavy atom. The summed E-state index contributed by atoms with van der Waals surface area (Å²) in [6, 6.07) is 9.24. The van der Waals surface area contributed by atoms with Crippen molar-refractivity contribution in [1.29, 1.82) is 0 Å². The number of hydrogen-bond acceptors (Lipinski definition) is 6. The molecule has 2 heterocycles. The van der Waals surface area contributed by atoms with Crippen molar-refractivity contribution in [3.8, 4) is 5.75 Å². The van der Waals surface area contributed by atoms with Gasteiger partial charge in [0.15, 0.2) is 6.79 Å². The molecule has 2 amide bonds. The van der Waals surface area contributed by atoms with E-state index in [0.29, 0.717) is 28.0 Å². The quantitative estimate of drug-likeness (QED) is 0.483. The van der Waals surface area contributed by atoms with E-state index in [9.17, 15) is 19.7 Å². The van der Waals surface area contributed by atoms with E-state index in [1.54, 1.807) is 24.3 Å². The number of ether oxygens (including phenoxy) is 2. The van der Waals surface area contributed by atoms with E-state index in [1.165, 1.54) is 12.1 Å². The summed E-state index contributed by atoms with van der Waals surface area (Å²) in [4.78, 5) is 36.7. The Morgan fingerprint density at radius 1 is 1.12 bits per heavy atom. The SMILES string of the molecule is O=C1c2ccccc2C(=O)N1Cc1cc([N+](=O)[O-])cc2c1OCOC2. The van der Waals surface area contributed by atoms with Crippen LogP contribution in [0.1, 0.15) is 31.8 Å². The van der Waals surface area contributed by atoms with Crippen LogP contribution in [0.25, 0.3) is 0 Å². The second-order valence-corrected chi connectivity index (χ2v) is 5.70. The Bertz CT molecular complexity index is 888. The van der Waals surface area contributed by atoms with Gasteiger partial charge >= 0.3 is 0 Å². The van der Waals surface area contributed by atoms with Gasteiger partial charge in [-0.15, -0.1) is 0 Å². The zero-order valence-corrected chi connectivity index (χ0v) is 12.9. The third-order valence-corrected chi connectivity index (χ3v) is 4.19. The second kappa shape index (κ2) is 5.67. The number of fused-ring (bicyclic) bond motifs is 2. The lowest BCUT2D eigenvalue weighted by Crippen LogP contribution is -2.29. The summed E-state index contributed by atoms with van der Waals surface area (Å²) < 4.78 is 10.6. The van der Waals surface area contributed by atoms with E-state index >= 15 is 0 Å². The highest BCUT2D eigenvalue weighted by atomic mass is 16.7. The number of benzene rings is 2. The third-order valence-electron chi connectivity index (χ3n) is 4.19. The van der Waals surface area contributed by atoms with Gasteiger partial charge in [-0.05, 0) is 12.1 Å². The number of non-ortho nitro benzene ring substituents is 1. The summed E-state index contributed by atoms with van der Waals surface area (Å²) in [6.07, 6.45) is 0. The van der Waals surface area contributed by atoms with Crippen LogP contribution in [-0.4, -0.2) is 28.4 Å². The molecule has 0 radical (unpaired) electrons. The molecule has 2 aromatic carbocycles. The fourth-order valence-corrected chi connectivity index (χ4v) is 3.06. The van der Waals surface area contributed by atoms with E-state index in [0.717, 1.165) is 4.90 Å². The maximum atomic E-state index is 12.5. The van der Waals surface area contributed by atoms with Gasteiger partial charge in [0.25, 0.3) is 17.5 Å². The Labute approximate surface area is 141 Å². The molecule has 2 aromatic rings. The van der Waals surface area contributed by atoms with Gasteiger partial charge in [-0.1, -0.05) is 12.1 Å². The Balaban J connectivity index is 1.74. The zero-order chi connectivity index (χ0) is 17.6. The van der Waals surface area contributed by atoms with E-state index in [1.807, 2.05) is 0 Å². The Kier molecular flexibility index (Phi) is 3.47. The fourth-order valence-electron chi connectivity index (χ4n) is 3.06. The first-order chi connectivity index (χ1) is 12.1. The molecule has 0 saturated carbocycles. The van der Waals surface area contributed by atoms with Gasteiger partial charge in [-0.3, -0.25) is 24.6 Å². The van der Waals surface area contributed by atoms with E-state index in [2.05, 4.69) is 0 Å². The molecular formula is C17H12N2O6. The monoisotopic (exact) mass is 340 g/mol. The molecule has 0 bridgehead atoms. The lowest BCUT2D eigenvalue weighted by molar-refractivity contribution is -0.385. The molecule has 0 saturated heterocycles. The zero-order valence-electron chi connectivity index (χ0n) is 12.9. The number of rotatable bonds is 3. The number of carbonyl (C=O) groups is 2. The molecule has 0 unspecified atom stereocenters. The summed E-state index contributed by atoms with van der Waals surface area (Å²) >= 11 is 0. The van der Waals surface area contributed by atoms with Crippen LogP contribution in [0.15, 0.2) is 36.4 Å². The summed E-state index contributed by atoms with van der Waals surface area (Å²) in [5.41, 5.74) is 1.45. The molecule has 8 nitrogen and oxygen atoms in total. The predicted octanol–water partition coefficient (Wildman–Crippen LogP) is 2.26. The van der Waals surface area contributed by atoms with Gasteiger partial charge in [0.2, 0.25) is 0 Å². The van der Waals surface area contributed by atoms with Crippen molar-refractivity contribution in [2.24, 2.45) is 0 Å². The number of nitro benzene ring substituents is 1. The van der Waals surface area contributed by atoms with Gasteiger partial charge in [0.1, 0.15) is 5.75 Å². The largest absolute Gasteiger partial charge is 0.467 e. The minimum absolute atomic E-state index is 0.0138. The molecule has 25 heavy (non-hydrogen) atoms. The molecule has 0 atom stereocenters. The first kappa shape index (κ1) is 15.3. The minimum atomic E-state index is -0.527. The average molecular weight is 340 g/mol. The number of nitrogens with zero attached hydrogens (tertiary/aromatic N) is 2. The third kappa shape index (κ3) is 2.43. The van der Waals surface area contributed by atoms with Crippen LogP contribution in [-0.2, 0) is 17.9 Å². The van der Waals surface area contributed by atoms with Crippen LogP contribution in [0.4, 0.5) is 5.69 Å². The van der Waals surface area contributed by atoms with Crippen LogP contribution >= 0.6 is 0 Å². The van der Waals surface area contributed by atoms with Crippen LogP contribution in [0.2, 0.25) is 0 Å². The van der Waals surface area contributed by atoms with Gasteiger partial charge in [0, 0.05) is 23.3 Å². The van der Waals surface area contributed by atoms with Crippen LogP contribution < -0.4 is 4.74 Å². The molecule has 2 aliphatic rings. The molecule has 2 aliphatic heterocycles. The van der Waals surface area contributed by atoms with Crippen molar-refractivity contribution in [3.63, 3.8) is 0 Å². The van der Waals surface area contributed by atoms with Crippen molar-refractivity contribution in [2.45, 2.75) is 13.2 Å². The Morgan fingerprint density at radius 3 is 2.44 bits per heavy atom. The van der Waals surface area contributed by atoms with E-state index in [-0.39, 0.29) is 25.6 Å². The fraction of sp³-hybridized carbons (Fsp3) is 0.176. The predicted molar refractivity (Wildman–Crippen MR) is 84.0 cm³/mol. The molecule has 0 aromatic heterocycles. The average Bonchev–Trinajstić information content (AvgIpc) is 2.87. The number of carbonyl (C=O) groups excluding carboxylic acids is 2. The van der Waals surface area contributed by atoms with Gasteiger partial charge in [0.05, 0.1) is 29.2 Å². The molecule has 0 spiro atoms. The van der Waals surface area contributed by atoms with E-state index in [4.69, 9.17) is 9.47 Å². The summed E-state index contributed by atoms with van der Waals surface area (Å²) in [5, 5.41) is 11.2. The first-order valence-corrected chi connectivity index (χ1v) is 7.52. The van der Waals surface area contributed by atoms with E-state index < -0.39 is 16.7 Å². The highest BCUT2D eigenvalue weighted by molar-refractivity contribution is 6.21. The van der Waals surface area contributed by atoms with Crippen molar-refractivity contribution >= 4 is 17.5 Å². The molecule has 0 fully saturated rings. The van der Waals surface area contributed by atoms with Crippen molar-refractivity contribution in [1.82, 2.24) is 4.90 Å². The van der Waals surface area contributed by atoms with Crippen LogP contribution in [0, 0.1) is 10.1 Å². The Hall–Kier alpha value is -3.26. The maximum absolute atomic E-state index is 12.5. The molecule has 4 rings (SSSR count). The van der Waals surface area contributed by atoms with Crippen molar-refractivity contribution in [2.75, 3.05) is 6.79 Å². The summed E-state index contributed by atoms with van der Waals surface area (Å²) in [5.74, 6) is -0.422. The molecule has 0 N–H and O–H groups in total. The first-order valence-electron chi connectivity index (χ1n) is 7.52. The lowest BCUT2D eigenvalue weighted by Gasteiger charge is -2.22. The number of nitro groups is 1. The smallest absolute Gasteiger partial charge is 0.270 e. The highest BCUT2D eigenvalue weighted by Gasteiger charge is 2.36.